The average Bonchev–Trinajstić information content (AvgIpc) is 3.12. The van der Waals surface area contributed by atoms with Crippen LogP contribution >= 0.6 is 0 Å². The van der Waals surface area contributed by atoms with E-state index in [0.29, 0.717) is 18.1 Å². The first-order valence-corrected chi connectivity index (χ1v) is 8.54. The van der Waals surface area contributed by atoms with Crippen LogP contribution in [0.3, 0.4) is 0 Å². The normalized spacial score (nSPS) is 10.7. The van der Waals surface area contributed by atoms with Crippen molar-refractivity contribution in [2.75, 3.05) is 5.32 Å². The van der Waals surface area contributed by atoms with E-state index in [9.17, 15) is 9.18 Å². The highest BCUT2D eigenvalue weighted by atomic mass is 19.1. The van der Waals surface area contributed by atoms with Gasteiger partial charge in [-0.3, -0.25) is 4.79 Å². The summed E-state index contributed by atoms with van der Waals surface area (Å²) < 4.78 is 19.5. The Morgan fingerprint density at radius 1 is 0.963 bits per heavy atom. The Labute approximate surface area is 155 Å². The smallest absolute Gasteiger partial charge is 0.272 e. The molecule has 1 aromatic heterocycles. The fraction of sp³-hybridized carbons (Fsp3) is 0.0455. The largest absolute Gasteiger partial charge is 0.489 e. The van der Waals surface area contributed by atoms with Gasteiger partial charge in [-0.25, -0.2) is 4.39 Å². The van der Waals surface area contributed by atoms with E-state index in [0.717, 1.165) is 16.5 Å². The van der Waals surface area contributed by atoms with E-state index < -0.39 is 11.7 Å². The lowest BCUT2D eigenvalue weighted by atomic mass is 10.2. The topological polar surface area (TPSA) is 54.1 Å². The lowest BCUT2D eigenvalue weighted by Crippen LogP contribution is -2.13. The number of aromatic nitrogens is 1. The number of anilines is 1. The minimum Gasteiger partial charge on any atom is -0.489 e. The van der Waals surface area contributed by atoms with Crippen LogP contribution < -0.4 is 10.1 Å². The standard InChI is InChI=1S/C22H17FN2O2/c23-18-8-4-5-9-19(18)25-22(26)21-12-16-10-11-17(13-20(16)24-21)27-14-15-6-2-1-3-7-15/h1-13,24H,14H2,(H,25,26). The van der Waals surface area contributed by atoms with E-state index in [1.807, 2.05) is 48.5 Å². The van der Waals surface area contributed by atoms with Crippen molar-refractivity contribution < 1.29 is 13.9 Å². The Morgan fingerprint density at radius 2 is 1.74 bits per heavy atom. The molecular formula is C22H17FN2O2. The quantitative estimate of drug-likeness (QED) is 0.518. The van der Waals surface area contributed by atoms with Gasteiger partial charge in [-0.1, -0.05) is 42.5 Å². The molecular weight excluding hydrogens is 343 g/mol. The maximum Gasteiger partial charge on any atom is 0.272 e. The van der Waals surface area contributed by atoms with Crippen molar-refractivity contribution >= 4 is 22.5 Å². The number of hydrogen-bond donors (Lipinski definition) is 2. The van der Waals surface area contributed by atoms with Crippen molar-refractivity contribution in [1.29, 1.82) is 0 Å². The van der Waals surface area contributed by atoms with Gasteiger partial charge in [0.25, 0.3) is 5.91 Å². The Kier molecular flexibility index (Phi) is 4.58. The second-order valence-corrected chi connectivity index (χ2v) is 6.14. The minimum absolute atomic E-state index is 0.146. The van der Waals surface area contributed by atoms with Crippen LogP contribution in [0.1, 0.15) is 16.1 Å². The molecule has 4 nitrogen and oxygen atoms in total. The minimum atomic E-state index is -0.474. The lowest BCUT2D eigenvalue weighted by molar-refractivity contribution is 0.102. The molecule has 0 bridgehead atoms. The first kappa shape index (κ1) is 16.8. The summed E-state index contributed by atoms with van der Waals surface area (Å²) in [4.78, 5) is 15.5. The molecule has 0 radical (unpaired) electrons. The number of halogens is 1. The van der Waals surface area contributed by atoms with Crippen LogP contribution in [0.5, 0.6) is 5.75 Å². The van der Waals surface area contributed by atoms with Gasteiger partial charge in [-0.15, -0.1) is 0 Å². The number of para-hydroxylation sites is 1. The number of aromatic amines is 1. The molecule has 0 saturated heterocycles. The third-order valence-electron chi connectivity index (χ3n) is 4.21. The van der Waals surface area contributed by atoms with Gasteiger partial charge in [0.2, 0.25) is 0 Å². The number of fused-ring (bicyclic) bond motifs is 1. The van der Waals surface area contributed by atoms with Gasteiger partial charge >= 0.3 is 0 Å². The third-order valence-corrected chi connectivity index (χ3v) is 4.21. The third kappa shape index (κ3) is 3.82. The van der Waals surface area contributed by atoms with Crippen molar-refractivity contribution in [1.82, 2.24) is 4.98 Å². The molecule has 0 aliphatic rings. The molecule has 3 aromatic carbocycles. The van der Waals surface area contributed by atoms with Crippen molar-refractivity contribution in [3.05, 3.63) is 95.9 Å². The zero-order valence-corrected chi connectivity index (χ0v) is 14.4. The number of carbonyl (C=O) groups is 1. The molecule has 5 heteroatoms. The zero-order valence-electron chi connectivity index (χ0n) is 14.4. The van der Waals surface area contributed by atoms with Crippen LogP contribution in [0.15, 0.2) is 78.9 Å². The van der Waals surface area contributed by atoms with Gasteiger partial charge in [0.15, 0.2) is 0 Å². The summed E-state index contributed by atoms with van der Waals surface area (Å²) in [5, 5.41) is 3.45. The predicted octanol–water partition coefficient (Wildman–Crippen LogP) is 5.14. The first-order valence-electron chi connectivity index (χ1n) is 8.54. The van der Waals surface area contributed by atoms with Crippen LogP contribution in [-0.4, -0.2) is 10.9 Å². The zero-order chi connectivity index (χ0) is 18.6. The van der Waals surface area contributed by atoms with Crippen molar-refractivity contribution in [2.24, 2.45) is 0 Å². The van der Waals surface area contributed by atoms with Gasteiger partial charge in [0.1, 0.15) is 23.9 Å². The van der Waals surface area contributed by atoms with Crippen LogP contribution in [-0.2, 0) is 6.61 Å². The van der Waals surface area contributed by atoms with Crippen molar-refractivity contribution in [3.8, 4) is 5.75 Å². The monoisotopic (exact) mass is 360 g/mol. The van der Waals surface area contributed by atoms with Gasteiger partial charge < -0.3 is 15.0 Å². The highest BCUT2D eigenvalue weighted by Crippen LogP contribution is 2.23. The fourth-order valence-corrected chi connectivity index (χ4v) is 2.81. The lowest BCUT2D eigenvalue weighted by Gasteiger charge is -2.06. The number of ether oxygens (including phenoxy) is 1. The molecule has 4 aromatic rings. The Balaban J connectivity index is 1.50. The molecule has 0 saturated carbocycles. The molecule has 0 atom stereocenters. The van der Waals surface area contributed by atoms with E-state index in [1.165, 1.54) is 12.1 Å². The van der Waals surface area contributed by atoms with Crippen LogP contribution in [0.2, 0.25) is 0 Å². The number of rotatable bonds is 5. The first-order chi connectivity index (χ1) is 13.2. The van der Waals surface area contributed by atoms with Crippen LogP contribution in [0, 0.1) is 5.82 Å². The van der Waals surface area contributed by atoms with Crippen molar-refractivity contribution in [3.63, 3.8) is 0 Å². The molecule has 1 amide bonds. The highest BCUT2D eigenvalue weighted by Gasteiger charge is 2.12. The van der Waals surface area contributed by atoms with Gasteiger partial charge in [-0.05, 0) is 35.9 Å². The molecule has 1 heterocycles. The maximum atomic E-state index is 13.7. The number of hydrogen-bond acceptors (Lipinski definition) is 2. The molecule has 0 spiro atoms. The molecule has 27 heavy (non-hydrogen) atoms. The fourth-order valence-electron chi connectivity index (χ4n) is 2.81. The van der Waals surface area contributed by atoms with E-state index in [-0.39, 0.29) is 5.69 Å². The Morgan fingerprint density at radius 3 is 2.56 bits per heavy atom. The SMILES string of the molecule is O=C(Nc1ccccc1F)c1cc2ccc(OCc3ccccc3)cc2[nH]1. The Bertz CT molecular complexity index is 1090. The summed E-state index contributed by atoms with van der Waals surface area (Å²) in [6.45, 7) is 0.466. The van der Waals surface area contributed by atoms with Gasteiger partial charge in [0, 0.05) is 17.0 Å². The summed E-state index contributed by atoms with van der Waals surface area (Å²) in [5.41, 5.74) is 2.36. The molecule has 4 rings (SSSR count). The number of carbonyl (C=O) groups excluding carboxylic acids is 1. The average molecular weight is 360 g/mol. The summed E-state index contributed by atoms with van der Waals surface area (Å²) in [7, 11) is 0. The Hall–Kier alpha value is -3.60. The number of nitrogens with one attached hydrogen (secondary N) is 2. The summed E-state index contributed by atoms with van der Waals surface area (Å²) in [5.74, 6) is -0.170. The molecule has 0 aliphatic heterocycles. The molecule has 0 unspecified atom stereocenters. The highest BCUT2D eigenvalue weighted by molar-refractivity contribution is 6.06. The van der Waals surface area contributed by atoms with E-state index in [4.69, 9.17) is 4.74 Å². The van der Waals surface area contributed by atoms with Crippen LogP contribution in [0.4, 0.5) is 10.1 Å². The van der Waals surface area contributed by atoms with Crippen LogP contribution in [0.25, 0.3) is 10.9 Å². The summed E-state index contributed by atoms with van der Waals surface area (Å²) >= 11 is 0. The van der Waals surface area contributed by atoms with Gasteiger partial charge in [-0.2, -0.15) is 0 Å². The molecule has 0 aliphatic carbocycles. The summed E-state index contributed by atoms with van der Waals surface area (Å²) in [6, 6.07) is 23.3. The van der Waals surface area contributed by atoms with E-state index >= 15 is 0 Å². The summed E-state index contributed by atoms with van der Waals surface area (Å²) in [6.07, 6.45) is 0. The second-order valence-electron chi connectivity index (χ2n) is 6.14. The van der Waals surface area contributed by atoms with Gasteiger partial charge in [0.05, 0.1) is 5.69 Å². The molecule has 2 N–H and O–H groups in total. The second kappa shape index (κ2) is 7.33. The predicted molar refractivity (Wildman–Crippen MR) is 103 cm³/mol. The maximum absolute atomic E-state index is 13.7. The number of amides is 1. The molecule has 134 valence electrons. The van der Waals surface area contributed by atoms with E-state index in [2.05, 4.69) is 10.3 Å². The number of benzene rings is 3. The van der Waals surface area contributed by atoms with Crippen molar-refractivity contribution in [2.45, 2.75) is 6.61 Å². The molecule has 0 fully saturated rings. The number of H-pyrrole nitrogens is 1. The van der Waals surface area contributed by atoms with E-state index in [1.54, 1.807) is 18.2 Å².